The van der Waals surface area contributed by atoms with Gasteiger partial charge in [0.15, 0.2) is 5.78 Å². The molecule has 8 nitrogen and oxygen atoms in total. The lowest BCUT2D eigenvalue weighted by Gasteiger charge is -2.39. The van der Waals surface area contributed by atoms with Crippen molar-refractivity contribution in [3.05, 3.63) is 98.3 Å². The third-order valence-electron chi connectivity index (χ3n) is 7.92. The topological polar surface area (TPSA) is 104 Å². The number of fused-ring (bicyclic) bond motifs is 1. The Balaban J connectivity index is 1.33. The lowest BCUT2D eigenvalue weighted by atomic mass is 9.67. The van der Waals surface area contributed by atoms with Crippen molar-refractivity contribution >= 4 is 57.9 Å². The summed E-state index contributed by atoms with van der Waals surface area (Å²) in [6, 6.07) is 11.1. The highest BCUT2D eigenvalue weighted by atomic mass is 35.5. The number of nitrogens with zero attached hydrogens (tertiary/aromatic N) is 3. The maximum absolute atomic E-state index is 13.8. The number of rotatable bonds is 8. The molecule has 2 aliphatic carbocycles. The van der Waals surface area contributed by atoms with E-state index in [0.717, 1.165) is 41.9 Å². The predicted molar refractivity (Wildman–Crippen MR) is 175 cm³/mol. The monoisotopic (exact) mass is 649 g/mol. The van der Waals surface area contributed by atoms with Gasteiger partial charge in [0.2, 0.25) is 5.75 Å². The smallest absolute Gasteiger partial charge is 0.313 e. The van der Waals surface area contributed by atoms with E-state index in [4.69, 9.17) is 21.3 Å². The van der Waals surface area contributed by atoms with E-state index in [0.29, 0.717) is 21.5 Å². The third kappa shape index (κ3) is 6.43. The van der Waals surface area contributed by atoms with Crippen molar-refractivity contribution in [2.45, 2.75) is 65.3 Å². The van der Waals surface area contributed by atoms with Gasteiger partial charge in [0.05, 0.1) is 21.7 Å². The fraction of sp³-hybridized carbons (Fsp3) is 0.364. The van der Waals surface area contributed by atoms with Gasteiger partial charge in [-0.15, -0.1) is 22.7 Å². The summed E-state index contributed by atoms with van der Waals surface area (Å²) in [4.78, 5) is 43.7. The number of ketones is 1. The molecule has 2 aliphatic rings. The second-order valence-electron chi connectivity index (χ2n) is 13.0. The molecule has 1 saturated carbocycles. The molecule has 0 radical (unpaired) electrons. The molecule has 1 fully saturated rings. The van der Waals surface area contributed by atoms with E-state index < -0.39 is 4.92 Å². The molecule has 4 aromatic rings. The Bertz CT molecular complexity index is 1970. The highest BCUT2D eigenvalue weighted by Gasteiger charge is 2.40. The maximum Gasteiger partial charge on any atom is 0.313 e. The molecule has 0 aliphatic heterocycles. The van der Waals surface area contributed by atoms with Gasteiger partial charge < -0.3 is 4.74 Å². The zero-order valence-electron chi connectivity index (χ0n) is 24.9. The van der Waals surface area contributed by atoms with Crippen molar-refractivity contribution in [3.8, 4) is 11.5 Å². The van der Waals surface area contributed by atoms with Crippen LogP contribution in [0.2, 0.25) is 5.02 Å². The number of hydrogen-bond acceptors (Lipinski definition) is 8. The molecule has 2 heterocycles. The standard InChI is InChI=1S/C33H32ClN3O5S2/c1-32(2)16-23-30(33(3,4)18-32)44-28(35-23)17-36-29(15-25(38)20-7-8-20)43-27(31(36)39)13-19-5-10-22(11-6-19)42-26-12-9-21(34)14-24(26)37(40)41/h5-6,9-15,20H,7-8,16-18H2,1-4H3/b27-13-,29-15-. The van der Waals surface area contributed by atoms with Crippen LogP contribution in [0, 0.1) is 21.4 Å². The third-order valence-corrected chi connectivity index (χ3v) is 10.7. The molecule has 2 aromatic heterocycles. The van der Waals surface area contributed by atoms with Crippen LogP contribution in [0.5, 0.6) is 11.5 Å². The largest absolute Gasteiger partial charge is 0.450 e. The first-order valence-electron chi connectivity index (χ1n) is 14.5. The van der Waals surface area contributed by atoms with Crippen LogP contribution in [0.3, 0.4) is 0 Å². The van der Waals surface area contributed by atoms with Crippen LogP contribution >= 0.6 is 34.3 Å². The number of halogens is 1. The first-order chi connectivity index (χ1) is 20.8. The van der Waals surface area contributed by atoms with E-state index in [1.165, 1.54) is 34.4 Å². The number of nitro benzene ring substituents is 1. The summed E-state index contributed by atoms with van der Waals surface area (Å²) < 4.78 is 8.56. The number of Topliss-reactive ketones (excluding diaryl/α,β-unsaturated/α-hetero) is 1. The van der Waals surface area contributed by atoms with Crippen molar-refractivity contribution in [1.29, 1.82) is 0 Å². The summed E-state index contributed by atoms with van der Waals surface area (Å²) >= 11 is 8.88. The molecule has 0 saturated heterocycles. The summed E-state index contributed by atoms with van der Waals surface area (Å²) in [5.74, 6) is 0.589. The van der Waals surface area contributed by atoms with E-state index in [-0.39, 0.29) is 44.5 Å². The second-order valence-corrected chi connectivity index (χ2v) is 15.6. The minimum absolute atomic E-state index is 0.0107. The predicted octanol–water partition coefficient (Wildman–Crippen LogP) is 6.61. The van der Waals surface area contributed by atoms with Crippen LogP contribution in [0.4, 0.5) is 5.69 Å². The van der Waals surface area contributed by atoms with Gasteiger partial charge in [0, 0.05) is 33.4 Å². The number of carbonyl (C=O) groups excluding carboxylic acids is 1. The molecule has 0 N–H and O–H groups in total. The Morgan fingerprint density at radius 2 is 1.89 bits per heavy atom. The lowest BCUT2D eigenvalue weighted by Crippen LogP contribution is -2.33. The Kier molecular flexibility index (Phi) is 7.88. The van der Waals surface area contributed by atoms with Gasteiger partial charge in [-0.1, -0.05) is 51.4 Å². The molecule has 6 rings (SSSR count). The van der Waals surface area contributed by atoms with Crippen LogP contribution in [0.25, 0.3) is 12.2 Å². The van der Waals surface area contributed by atoms with Gasteiger partial charge >= 0.3 is 5.69 Å². The van der Waals surface area contributed by atoms with Crippen molar-refractivity contribution in [2.75, 3.05) is 0 Å². The van der Waals surface area contributed by atoms with Crippen molar-refractivity contribution in [3.63, 3.8) is 0 Å². The molecule has 11 heteroatoms. The first-order valence-corrected chi connectivity index (χ1v) is 16.5. The number of benzene rings is 2. The molecule has 0 bridgehead atoms. The van der Waals surface area contributed by atoms with Crippen molar-refractivity contribution < 1.29 is 14.5 Å². The molecule has 44 heavy (non-hydrogen) atoms. The number of carbonyl (C=O) groups is 1. The average molecular weight is 650 g/mol. The Morgan fingerprint density at radius 1 is 1.16 bits per heavy atom. The van der Waals surface area contributed by atoms with Crippen LogP contribution < -0.4 is 19.5 Å². The molecule has 228 valence electrons. The van der Waals surface area contributed by atoms with E-state index >= 15 is 0 Å². The Labute approximate surface area is 267 Å². The lowest BCUT2D eigenvalue weighted by molar-refractivity contribution is -0.385. The number of hydrogen-bond donors (Lipinski definition) is 0. The van der Waals surface area contributed by atoms with Crippen molar-refractivity contribution in [2.24, 2.45) is 11.3 Å². The highest BCUT2D eigenvalue weighted by molar-refractivity contribution is 7.12. The SMILES string of the molecule is CC1(C)Cc2nc(Cn3c(=O)/c(=C/c4ccc(Oc5ccc(Cl)cc5[N+](=O)[O-])cc4)s/c3=C\C(=O)C3CC3)sc2C(C)(C)C1. The summed E-state index contributed by atoms with van der Waals surface area (Å²) in [6.45, 7) is 9.39. The van der Waals surface area contributed by atoms with Crippen LogP contribution in [0.1, 0.15) is 68.1 Å². The number of thiazole rings is 2. The van der Waals surface area contributed by atoms with Gasteiger partial charge in [-0.3, -0.25) is 24.3 Å². The second kappa shape index (κ2) is 11.4. The maximum atomic E-state index is 13.8. The molecular formula is C33H32ClN3O5S2. The molecule has 0 amide bonds. The summed E-state index contributed by atoms with van der Waals surface area (Å²) in [5, 5.41) is 12.5. The fourth-order valence-corrected chi connectivity index (χ4v) is 8.46. The first kappa shape index (κ1) is 30.4. The number of aromatic nitrogens is 2. The Morgan fingerprint density at radius 3 is 2.57 bits per heavy atom. The average Bonchev–Trinajstić information content (AvgIpc) is 3.66. The minimum atomic E-state index is -0.545. The normalized spacial score (nSPS) is 17.8. The zero-order chi connectivity index (χ0) is 31.4. The van der Waals surface area contributed by atoms with Gasteiger partial charge in [0.1, 0.15) is 15.4 Å². The molecular weight excluding hydrogens is 618 g/mol. The quantitative estimate of drug-likeness (QED) is 0.157. The van der Waals surface area contributed by atoms with E-state index in [2.05, 4.69) is 27.7 Å². The fourth-order valence-electron chi connectivity index (χ4n) is 6.07. The van der Waals surface area contributed by atoms with Crippen LogP contribution in [0.15, 0.2) is 47.3 Å². The minimum Gasteiger partial charge on any atom is -0.450 e. The van der Waals surface area contributed by atoms with Crippen LogP contribution in [-0.4, -0.2) is 20.3 Å². The highest BCUT2D eigenvalue weighted by Crippen LogP contribution is 2.47. The van der Waals surface area contributed by atoms with Crippen LogP contribution in [-0.2, 0) is 23.2 Å². The van der Waals surface area contributed by atoms with E-state index in [1.807, 2.05) is 0 Å². The summed E-state index contributed by atoms with van der Waals surface area (Å²) in [7, 11) is 0. The van der Waals surface area contributed by atoms with Crippen molar-refractivity contribution in [1.82, 2.24) is 9.55 Å². The number of ether oxygens (including phenoxy) is 1. The molecule has 2 aromatic carbocycles. The molecule has 0 spiro atoms. The molecule has 0 atom stereocenters. The van der Waals surface area contributed by atoms with E-state index in [1.54, 1.807) is 52.3 Å². The van der Waals surface area contributed by atoms with Gasteiger partial charge in [-0.25, -0.2) is 4.98 Å². The van der Waals surface area contributed by atoms with E-state index in [9.17, 15) is 19.7 Å². The zero-order valence-corrected chi connectivity index (χ0v) is 27.3. The molecule has 0 unspecified atom stereocenters. The van der Waals surface area contributed by atoms with Gasteiger partial charge in [-0.05, 0) is 67.0 Å². The Hall–Kier alpha value is -3.60. The summed E-state index contributed by atoms with van der Waals surface area (Å²) in [6.07, 6.45) is 7.17. The van der Waals surface area contributed by atoms with Gasteiger partial charge in [0.25, 0.3) is 5.56 Å². The summed E-state index contributed by atoms with van der Waals surface area (Å²) in [5.41, 5.74) is 1.63. The van der Waals surface area contributed by atoms with Gasteiger partial charge in [-0.2, -0.15) is 0 Å². The number of nitro groups is 1.